The van der Waals surface area contributed by atoms with Crippen molar-refractivity contribution in [2.24, 2.45) is 11.8 Å². The van der Waals surface area contributed by atoms with E-state index in [-0.39, 0.29) is 0 Å². The van der Waals surface area contributed by atoms with E-state index in [0.717, 1.165) is 5.56 Å². The van der Waals surface area contributed by atoms with E-state index in [1.54, 1.807) is 0 Å². The van der Waals surface area contributed by atoms with Gasteiger partial charge in [0.2, 0.25) is 0 Å². The Kier molecular flexibility index (Phi) is 3.29. The monoisotopic (exact) mass is 285 g/mol. The Morgan fingerprint density at radius 1 is 1.10 bits per heavy atom. The highest BCUT2D eigenvalue weighted by molar-refractivity contribution is 5.16. The number of fused-ring (bicyclic) bond motifs is 2. The molecule has 2 atom stereocenters. The largest absolute Gasteiger partial charge is 0.417 e. The molecule has 1 N–H and O–H groups in total. The van der Waals surface area contributed by atoms with Crippen molar-refractivity contribution in [3.05, 3.63) is 35.9 Å². The van der Waals surface area contributed by atoms with Gasteiger partial charge in [-0.1, -0.05) is 30.3 Å². The van der Waals surface area contributed by atoms with Gasteiger partial charge in [0.15, 0.2) is 5.60 Å². The van der Waals surface area contributed by atoms with Gasteiger partial charge in [0.25, 0.3) is 0 Å². The summed E-state index contributed by atoms with van der Waals surface area (Å²) in [6.45, 7) is 1.30. The number of hydrogen-bond donors (Lipinski definition) is 1. The Balaban J connectivity index is 1.74. The van der Waals surface area contributed by atoms with Crippen LogP contribution in [0.25, 0.3) is 0 Å². The van der Waals surface area contributed by atoms with Crippen molar-refractivity contribution in [2.75, 3.05) is 13.1 Å². The van der Waals surface area contributed by atoms with Crippen LogP contribution in [0.1, 0.15) is 18.4 Å². The molecule has 1 aromatic carbocycles. The van der Waals surface area contributed by atoms with Crippen LogP contribution in [0.5, 0.6) is 0 Å². The van der Waals surface area contributed by atoms with Crippen LogP contribution in [0.3, 0.4) is 0 Å². The summed E-state index contributed by atoms with van der Waals surface area (Å²) in [7, 11) is 0. The second-order valence-electron chi connectivity index (χ2n) is 5.97. The van der Waals surface area contributed by atoms with E-state index in [1.165, 1.54) is 0 Å². The zero-order chi connectivity index (χ0) is 14.4. The van der Waals surface area contributed by atoms with Crippen molar-refractivity contribution in [3.8, 4) is 0 Å². The minimum atomic E-state index is -4.52. The molecule has 1 heterocycles. The first-order valence-corrected chi connectivity index (χ1v) is 6.96. The summed E-state index contributed by atoms with van der Waals surface area (Å²) in [5.74, 6) is -1.38. The van der Waals surface area contributed by atoms with E-state index in [1.807, 2.05) is 35.2 Å². The second-order valence-corrected chi connectivity index (χ2v) is 5.97. The SMILES string of the molecule is OC1(C(F)(F)F)C2CCC1CN(Cc1ccccc1)C2. The number of likely N-dealkylation sites (tertiary alicyclic amines) is 1. The quantitative estimate of drug-likeness (QED) is 0.903. The van der Waals surface area contributed by atoms with E-state index in [4.69, 9.17) is 0 Å². The van der Waals surface area contributed by atoms with E-state index in [2.05, 4.69) is 0 Å². The molecule has 1 aliphatic heterocycles. The van der Waals surface area contributed by atoms with Crippen molar-refractivity contribution < 1.29 is 18.3 Å². The minimum absolute atomic E-state index is 0.321. The molecule has 1 aliphatic carbocycles. The smallest absolute Gasteiger partial charge is 0.380 e. The van der Waals surface area contributed by atoms with E-state index >= 15 is 0 Å². The number of piperidine rings is 1. The second kappa shape index (κ2) is 4.74. The third-order valence-corrected chi connectivity index (χ3v) is 4.77. The fourth-order valence-electron chi connectivity index (χ4n) is 3.77. The highest BCUT2D eigenvalue weighted by atomic mass is 19.4. The van der Waals surface area contributed by atoms with E-state index < -0.39 is 23.6 Å². The van der Waals surface area contributed by atoms with Gasteiger partial charge >= 0.3 is 6.18 Å². The lowest BCUT2D eigenvalue weighted by molar-refractivity contribution is -0.298. The van der Waals surface area contributed by atoms with Crippen LogP contribution in [0.2, 0.25) is 0 Å². The predicted octanol–water partition coefficient (Wildman–Crippen LogP) is 2.82. The number of hydrogen-bond acceptors (Lipinski definition) is 2. The molecule has 20 heavy (non-hydrogen) atoms. The van der Waals surface area contributed by atoms with Crippen molar-refractivity contribution in [1.82, 2.24) is 4.90 Å². The molecular formula is C15H18F3NO. The number of benzene rings is 1. The van der Waals surface area contributed by atoms with Crippen molar-refractivity contribution >= 4 is 0 Å². The molecule has 0 aromatic heterocycles. The van der Waals surface area contributed by atoms with Gasteiger partial charge in [0, 0.05) is 31.5 Å². The van der Waals surface area contributed by atoms with Crippen LogP contribution in [0, 0.1) is 11.8 Å². The van der Waals surface area contributed by atoms with Crippen LogP contribution in [-0.2, 0) is 6.54 Å². The van der Waals surface area contributed by atoms with Crippen molar-refractivity contribution in [2.45, 2.75) is 31.2 Å². The minimum Gasteiger partial charge on any atom is -0.380 e. The molecule has 0 radical (unpaired) electrons. The summed E-state index contributed by atoms with van der Waals surface area (Å²) in [4.78, 5) is 2.04. The molecule has 2 bridgehead atoms. The van der Waals surface area contributed by atoms with Crippen LogP contribution >= 0.6 is 0 Å². The van der Waals surface area contributed by atoms with Gasteiger partial charge < -0.3 is 5.11 Å². The zero-order valence-electron chi connectivity index (χ0n) is 11.1. The topological polar surface area (TPSA) is 23.5 Å². The first-order valence-electron chi connectivity index (χ1n) is 6.96. The van der Waals surface area contributed by atoms with Gasteiger partial charge in [-0.2, -0.15) is 13.2 Å². The summed E-state index contributed by atoms with van der Waals surface area (Å²) in [6.07, 6.45) is -3.59. The fraction of sp³-hybridized carbons (Fsp3) is 0.600. The molecule has 0 amide bonds. The lowest BCUT2D eigenvalue weighted by atomic mass is 9.79. The lowest BCUT2D eigenvalue weighted by Gasteiger charge is -2.45. The summed E-state index contributed by atoms with van der Waals surface area (Å²) in [6, 6.07) is 9.74. The average molecular weight is 285 g/mol. The first kappa shape index (κ1) is 13.9. The van der Waals surface area contributed by atoms with Gasteiger partial charge in [-0.3, -0.25) is 4.90 Å². The highest BCUT2D eigenvalue weighted by Crippen LogP contribution is 2.53. The standard InChI is InChI=1S/C15H18F3NO/c16-15(17,18)14(20)12-6-7-13(14)10-19(9-12)8-11-4-2-1-3-5-11/h1-5,12-13,20H,6-10H2. The van der Waals surface area contributed by atoms with Gasteiger partial charge in [0.05, 0.1) is 0 Å². The molecule has 1 saturated heterocycles. The summed E-state index contributed by atoms with van der Waals surface area (Å²) in [5.41, 5.74) is -1.37. The Bertz CT molecular complexity index is 460. The molecule has 2 fully saturated rings. The average Bonchev–Trinajstić information content (AvgIpc) is 2.60. The lowest BCUT2D eigenvalue weighted by Crippen LogP contribution is -2.61. The first-order chi connectivity index (χ1) is 9.41. The molecule has 110 valence electrons. The molecule has 3 rings (SSSR count). The predicted molar refractivity (Wildman–Crippen MR) is 68.9 cm³/mol. The zero-order valence-corrected chi connectivity index (χ0v) is 11.1. The third-order valence-electron chi connectivity index (χ3n) is 4.77. The normalized spacial score (nSPS) is 34.4. The van der Waals surface area contributed by atoms with Gasteiger partial charge in [-0.15, -0.1) is 0 Å². The third kappa shape index (κ3) is 2.13. The molecule has 5 heteroatoms. The number of nitrogens with zero attached hydrogens (tertiary/aromatic N) is 1. The van der Waals surface area contributed by atoms with Gasteiger partial charge in [-0.25, -0.2) is 0 Å². The number of halogens is 3. The van der Waals surface area contributed by atoms with Crippen molar-refractivity contribution in [1.29, 1.82) is 0 Å². The van der Waals surface area contributed by atoms with Crippen LogP contribution < -0.4 is 0 Å². The van der Waals surface area contributed by atoms with E-state index in [9.17, 15) is 18.3 Å². The summed E-state index contributed by atoms with van der Waals surface area (Å²) in [5, 5.41) is 10.1. The summed E-state index contributed by atoms with van der Waals surface area (Å²) >= 11 is 0. The van der Waals surface area contributed by atoms with Gasteiger partial charge in [-0.05, 0) is 18.4 Å². The Morgan fingerprint density at radius 3 is 2.15 bits per heavy atom. The number of aliphatic hydroxyl groups is 1. The molecule has 2 aliphatic rings. The maximum atomic E-state index is 13.2. The number of rotatable bonds is 2. The van der Waals surface area contributed by atoms with Crippen LogP contribution in [-0.4, -0.2) is 34.9 Å². The molecule has 2 unspecified atom stereocenters. The van der Waals surface area contributed by atoms with Crippen molar-refractivity contribution in [3.63, 3.8) is 0 Å². The molecule has 1 aromatic rings. The van der Waals surface area contributed by atoms with Crippen LogP contribution in [0.4, 0.5) is 13.2 Å². The Morgan fingerprint density at radius 2 is 1.65 bits per heavy atom. The van der Waals surface area contributed by atoms with Crippen LogP contribution in [0.15, 0.2) is 30.3 Å². The van der Waals surface area contributed by atoms with Gasteiger partial charge in [0.1, 0.15) is 0 Å². The molecule has 0 spiro atoms. The fourth-order valence-corrected chi connectivity index (χ4v) is 3.77. The maximum absolute atomic E-state index is 13.2. The summed E-state index contributed by atoms with van der Waals surface area (Å²) < 4.78 is 39.5. The van der Waals surface area contributed by atoms with E-state index in [0.29, 0.717) is 32.5 Å². The highest BCUT2D eigenvalue weighted by Gasteiger charge is 2.67. The maximum Gasteiger partial charge on any atom is 0.417 e. The Labute approximate surface area is 116 Å². The molecular weight excluding hydrogens is 267 g/mol. The Hall–Kier alpha value is -1.07. The number of alkyl halides is 3. The molecule has 1 saturated carbocycles. The molecule has 2 nitrogen and oxygen atoms in total.